The van der Waals surface area contributed by atoms with E-state index in [1.165, 1.54) is 23.5 Å². The smallest absolute Gasteiger partial charge is 0.323 e. The summed E-state index contributed by atoms with van der Waals surface area (Å²) in [5, 5.41) is 9.77. The lowest BCUT2D eigenvalue weighted by Crippen LogP contribution is -2.60. The van der Waals surface area contributed by atoms with Gasteiger partial charge in [0.1, 0.15) is 11.8 Å². The summed E-state index contributed by atoms with van der Waals surface area (Å²) in [4.78, 5) is 26.1. The van der Waals surface area contributed by atoms with Crippen molar-refractivity contribution in [1.29, 1.82) is 0 Å². The Balaban J connectivity index is 1.71. The predicted molar refractivity (Wildman–Crippen MR) is 134 cm³/mol. The molecule has 1 saturated heterocycles. The lowest BCUT2D eigenvalue weighted by Gasteiger charge is -2.38. The van der Waals surface area contributed by atoms with Crippen molar-refractivity contribution < 1.29 is 27.9 Å². The molecule has 1 amide bonds. The molecular weight excluding hydrogens is 468 g/mol. The van der Waals surface area contributed by atoms with Crippen LogP contribution in [0.5, 0.6) is 5.75 Å². The molecule has 1 heterocycles. The highest BCUT2D eigenvalue weighted by atomic mass is 32.2. The summed E-state index contributed by atoms with van der Waals surface area (Å²) < 4.78 is 32.6. The van der Waals surface area contributed by atoms with Crippen molar-refractivity contribution in [2.75, 3.05) is 26.7 Å². The number of aliphatic carboxylic acids is 1. The number of carbonyl (C=O) groups excluding carboxylic acids is 1. The van der Waals surface area contributed by atoms with E-state index in [2.05, 4.69) is 6.92 Å². The van der Waals surface area contributed by atoms with Gasteiger partial charge in [0.15, 0.2) is 0 Å². The number of ether oxygens (including phenoxy) is 1. The zero-order valence-electron chi connectivity index (χ0n) is 20.4. The van der Waals surface area contributed by atoms with E-state index in [9.17, 15) is 23.1 Å². The lowest BCUT2D eigenvalue weighted by atomic mass is 10.1. The Morgan fingerprint density at radius 3 is 2.11 bits per heavy atom. The second kappa shape index (κ2) is 12.2. The first-order valence-corrected chi connectivity index (χ1v) is 13.5. The molecule has 1 unspecified atom stereocenters. The number of amides is 1. The van der Waals surface area contributed by atoms with Crippen molar-refractivity contribution in [3.05, 3.63) is 48.5 Å². The van der Waals surface area contributed by atoms with Gasteiger partial charge in [0.05, 0.1) is 18.6 Å². The van der Waals surface area contributed by atoms with E-state index in [4.69, 9.17) is 4.74 Å². The molecule has 9 heteroatoms. The van der Waals surface area contributed by atoms with Crippen LogP contribution in [-0.4, -0.2) is 67.4 Å². The van der Waals surface area contributed by atoms with Gasteiger partial charge in [0, 0.05) is 13.1 Å². The Bertz CT molecular complexity index is 1100. The van der Waals surface area contributed by atoms with Gasteiger partial charge in [-0.3, -0.25) is 9.59 Å². The molecule has 0 radical (unpaired) electrons. The molecule has 2 aromatic rings. The molecule has 0 saturated carbocycles. The number of sulfonamides is 1. The zero-order chi connectivity index (χ0) is 25.4. The third-order valence-corrected chi connectivity index (χ3v) is 8.20. The first-order valence-electron chi connectivity index (χ1n) is 12.0. The first-order chi connectivity index (χ1) is 16.8. The Hall–Kier alpha value is -2.91. The normalized spacial score (nSPS) is 16.9. The summed E-state index contributed by atoms with van der Waals surface area (Å²) in [7, 11) is -2.59. The molecule has 3 rings (SSSR count). The summed E-state index contributed by atoms with van der Waals surface area (Å²) in [5.41, 5.74) is 1.69. The van der Waals surface area contributed by atoms with Crippen LogP contribution < -0.4 is 4.74 Å². The van der Waals surface area contributed by atoms with Crippen molar-refractivity contribution >= 4 is 21.9 Å². The van der Waals surface area contributed by atoms with Gasteiger partial charge in [-0.2, -0.15) is 4.31 Å². The van der Waals surface area contributed by atoms with Crippen molar-refractivity contribution in [2.45, 2.75) is 56.4 Å². The third-order valence-electron chi connectivity index (χ3n) is 6.34. The minimum absolute atomic E-state index is 0.0433. The van der Waals surface area contributed by atoms with Gasteiger partial charge in [-0.25, -0.2) is 8.42 Å². The van der Waals surface area contributed by atoms with Crippen LogP contribution >= 0.6 is 0 Å². The van der Waals surface area contributed by atoms with Crippen molar-refractivity contribution in [3.63, 3.8) is 0 Å². The van der Waals surface area contributed by atoms with E-state index < -0.39 is 28.6 Å². The molecule has 1 atom stereocenters. The number of carbonyl (C=O) groups is 2. The number of piperazine rings is 1. The fourth-order valence-electron chi connectivity index (χ4n) is 4.24. The van der Waals surface area contributed by atoms with Gasteiger partial charge < -0.3 is 14.7 Å². The Kier molecular flexibility index (Phi) is 9.28. The largest absolute Gasteiger partial charge is 0.497 e. The van der Waals surface area contributed by atoms with E-state index in [-0.39, 0.29) is 17.3 Å². The number of rotatable bonds is 12. The van der Waals surface area contributed by atoms with E-state index in [0.29, 0.717) is 12.3 Å². The summed E-state index contributed by atoms with van der Waals surface area (Å²) in [6, 6.07) is 12.3. The Morgan fingerprint density at radius 2 is 1.54 bits per heavy atom. The van der Waals surface area contributed by atoms with Crippen LogP contribution in [0, 0.1) is 0 Å². The maximum atomic E-state index is 13.3. The number of carboxylic acids is 1. The van der Waals surface area contributed by atoms with E-state index in [1.54, 1.807) is 19.2 Å². The molecule has 1 fully saturated rings. The average Bonchev–Trinajstić information content (AvgIpc) is 2.86. The molecule has 8 nitrogen and oxygen atoms in total. The molecule has 1 aliphatic heterocycles. The summed E-state index contributed by atoms with van der Waals surface area (Å²) in [6.07, 6.45) is 6.29. The Morgan fingerprint density at radius 1 is 0.971 bits per heavy atom. The second-order valence-corrected chi connectivity index (χ2v) is 10.7. The van der Waals surface area contributed by atoms with E-state index >= 15 is 0 Å². The second-order valence-electron chi connectivity index (χ2n) is 8.76. The minimum atomic E-state index is -4.17. The van der Waals surface area contributed by atoms with Crippen molar-refractivity contribution in [1.82, 2.24) is 9.21 Å². The molecule has 0 aliphatic carbocycles. The quantitative estimate of drug-likeness (QED) is 0.440. The van der Waals surface area contributed by atoms with Gasteiger partial charge >= 0.3 is 5.97 Å². The minimum Gasteiger partial charge on any atom is -0.497 e. The zero-order valence-corrected chi connectivity index (χ0v) is 21.2. The van der Waals surface area contributed by atoms with Gasteiger partial charge in [-0.15, -0.1) is 0 Å². The van der Waals surface area contributed by atoms with Gasteiger partial charge in [0.2, 0.25) is 15.9 Å². The highest BCUT2D eigenvalue weighted by Gasteiger charge is 2.43. The molecule has 35 heavy (non-hydrogen) atoms. The number of hydrogen-bond acceptors (Lipinski definition) is 5. The number of hydrogen-bond donors (Lipinski definition) is 1. The van der Waals surface area contributed by atoms with Crippen molar-refractivity contribution in [2.24, 2.45) is 0 Å². The highest BCUT2D eigenvalue weighted by molar-refractivity contribution is 7.89. The fourth-order valence-corrected chi connectivity index (χ4v) is 5.76. The van der Waals surface area contributed by atoms with Crippen LogP contribution in [0.25, 0.3) is 11.1 Å². The van der Waals surface area contributed by atoms with Gasteiger partial charge in [-0.1, -0.05) is 63.3 Å². The number of benzene rings is 2. The number of carboxylic acid groups (broad SMARTS) is 1. The summed E-state index contributed by atoms with van der Waals surface area (Å²) in [6.45, 7) is 1.97. The maximum Gasteiger partial charge on any atom is 0.323 e. The van der Waals surface area contributed by atoms with Crippen LogP contribution in [0.4, 0.5) is 0 Å². The number of methoxy groups -OCH3 is 1. The molecular formula is C26H34N2O6S. The van der Waals surface area contributed by atoms with Crippen molar-refractivity contribution in [3.8, 4) is 16.9 Å². The highest BCUT2D eigenvalue weighted by Crippen LogP contribution is 2.27. The van der Waals surface area contributed by atoms with Crippen LogP contribution in [0.1, 0.15) is 45.4 Å². The SMILES string of the molecule is CCCCCCCCN1CC(C(=O)O)N(S(=O)(=O)c2ccc(-c3ccc(OC)cc3)cc2)CC1=O. The van der Waals surface area contributed by atoms with E-state index in [1.807, 2.05) is 24.3 Å². The monoisotopic (exact) mass is 502 g/mol. The lowest BCUT2D eigenvalue weighted by molar-refractivity contribution is -0.148. The number of unbranched alkanes of at least 4 members (excludes halogenated alkanes) is 5. The van der Waals surface area contributed by atoms with Crippen LogP contribution in [0.15, 0.2) is 53.4 Å². The molecule has 1 aliphatic rings. The number of nitrogens with zero attached hydrogens (tertiary/aromatic N) is 2. The molecule has 0 bridgehead atoms. The molecule has 190 valence electrons. The Labute approximate surface area is 207 Å². The molecule has 2 aromatic carbocycles. The van der Waals surface area contributed by atoms with Crippen LogP contribution in [0.2, 0.25) is 0 Å². The maximum absolute atomic E-state index is 13.3. The standard InChI is InChI=1S/C26H34N2O6S/c1-3-4-5-6-7-8-17-27-18-24(26(30)31)28(19-25(27)29)35(32,33)23-15-11-21(12-16-23)20-9-13-22(34-2)14-10-20/h9-16,24H,3-8,17-19H2,1-2H3,(H,30,31). The third kappa shape index (κ3) is 6.61. The first kappa shape index (κ1) is 26.7. The molecule has 0 aromatic heterocycles. The topological polar surface area (TPSA) is 104 Å². The molecule has 0 spiro atoms. The fraction of sp³-hybridized carbons (Fsp3) is 0.462. The van der Waals surface area contributed by atoms with Crippen LogP contribution in [-0.2, 0) is 19.6 Å². The van der Waals surface area contributed by atoms with Gasteiger partial charge in [0.25, 0.3) is 0 Å². The van der Waals surface area contributed by atoms with E-state index in [0.717, 1.165) is 47.5 Å². The molecule has 1 N–H and O–H groups in total. The van der Waals surface area contributed by atoms with Gasteiger partial charge in [-0.05, 0) is 41.8 Å². The summed E-state index contributed by atoms with van der Waals surface area (Å²) in [5.74, 6) is -0.911. The van der Waals surface area contributed by atoms with Crippen LogP contribution in [0.3, 0.4) is 0 Å². The average molecular weight is 503 g/mol. The predicted octanol–water partition coefficient (Wildman–Crippen LogP) is 4.01. The summed E-state index contributed by atoms with van der Waals surface area (Å²) >= 11 is 0.